The summed E-state index contributed by atoms with van der Waals surface area (Å²) in [5.74, 6) is -0.704. The molecule has 0 saturated heterocycles. The van der Waals surface area contributed by atoms with Gasteiger partial charge < -0.3 is 19.3 Å². The Hall–Kier alpha value is -3.21. The molecule has 1 aliphatic rings. The van der Waals surface area contributed by atoms with Crippen molar-refractivity contribution in [1.29, 1.82) is 5.26 Å². The first kappa shape index (κ1) is 21.5. The Balaban J connectivity index is 1.64. The van der Waals surface area contributed by atoms with Crippen LogP contribution in [0.2, 0.25) is 10.0 Å². The maximum atomic E-state index is 12.6. The molecule has 0 saturated carbocycles. The third-order valence-electron chi connectivity index (χ3n) is 4.46. The van der Waals surface area contributed by atoms with Gasteiger partial charge in [-0.2, -0.15) is 5.26 Å². The number of esters is 1. The number of halogens is 2. The average molecular weight is 446 g/mol. The van der Waals surface area contributed by atoms with Gasteiger partial charge in [0.15, 0.2) is 13.2 Å². The second kappa shape index (κ2) is 9.08. The molecule has 9 heteroatoms. The predicted molar refractivity (Wildman–Crippen MR) is 114 cm³/mol. The van der Waals surface area contributed by atoms with Crippen molar-refractivity contribution in [2.45, 2.75) is 0 Å². The molecule has 0 atom stereocenters. The van der Waals surface area contributed by atoms with Gasteiger partial charge in [0, 0.05) is 19.1 Å². The summed E-state index contributed by atoms with van der Waals surface area (Å²) in [5.41, 5.74) is 1.62. The van der Waals surface area contributed by atoms with E-state index in [0.29, 0.717) is 10.8 Å². The van der Waals surface area contributed by atoms with E-state index in [4.69, 9.17) is 32.7 Å². The van der Waals surface area contributed by atoms with Crippen molar-refractivity contribution < 1.29 is 19.1 Å². The van der Waals surface area contributed by atoms with Crippen LogP contribution in [0.15, 0.2) is 53.9 Å². The summed E-state index contributed by atoms with van der Waals surface area (Å²) in [6.45, 7) is -1.03. The number of carbonyl (C=O) groups excluding carboxylic acids is 2. The van der Waals surface area contributed by atoms with Crippen molar-refractivity contribution >= 4 is 46.3 Å². The van der Waals surface area contributed by atoms with Crippen LogP contribution in [0.3, 0.4) is 0 Å². The molecular weight excluding hydrogens is 429 g/mol. The molecule has 1 heterocycles. The second-order valence-electron chi connectivity index (χ2n) is 6.36. The monoisotopic (exact) mass is 445 g/mol. The maximum absolute atomic E-state index is 12.6. The fraction of sp³-hybridized carbons (Fsp3) is 0.190. The third kappa shape index (κ3) is 4.35. The van der Waals surface area contributed by atoms with Crippen LogP contribution in [0.4, 0.5) is 11.4 Å². The summed E-state index contributed by atoms with van der Waals surface area (Å²) in [6.07, 6.45) is 0. The van der Waals surface area contributed by atoms with E-state index in [1.165, 1.54) is 12.1 Å². The van der Waals surface area contributed by atoms with Gasteiger partial charge in [-0.3, -0.25) is 4.79 Å². The number of para-hydroxylation sites is 2. The van der Waals surface area contributed by atoms with Crippen molar-refractivity contribution in [3.8, 4) is 11.8 Å². The zero-order valence-electron chi connectivity index (χ0n) is 16.2. The molecule has 2 aromatic carbocycles. The number of hydrogen-bond donors (Lipinski definition) is 0. The summed E-state index contributed by atoms with van der Waals surface area (Å²) in [5, 5.41) is 10.2. The molecule has 30 heavy (non-hydrogen) atoms. The highest BCUT2D eigenvalue weighted by atomic mass is 35.5. The van der Waals surface area contributed by atoms with Crippen LogP contribution in [-0.2, 0) is 14.3 Å². The Morgan fingerprint density at radius 1 is 1.03 bits per heavy atom. The summed E-state index contributed by atoms with van der Waals surface area (Å²) in [7, 11) is 3.52. The fourth-order valence-electron chi connectivity index (χ4n) is 3.05. The minimum atomic E-state index is -0.770. The number of carbonyl (C=O) groups is 2. The third-order valence-corrected chi connectivity index (χ3v) is 4.99. The standard InChI is InChI=1S/C21H17Cl2N3O4/c1-25-16-5-3-4-6-17(16)26(2)21(25)14(10-24)18(27)11-30-20(28)12-29-19-8-7-13(22)9-15(19)23/h3-9H,11-12H2,1-2H3. The number of rotatable bonds is 6. The topological polar surface area (TPSA) is 82.9 Å². The number of fused-ring (bicyclic) bond motifs is 1. The van der Waals surface area contributed by atoms with Crippen molar-refractivity contribution in [3.63, 3.8) is 0 Å². The molecule has 7 nitrogen and oxygen atoms in total. The number of benzene rings is 2. The lowest BCUT2D eigenvalue weighted by Gasteiger charge is -2.19. The zero-order chi connectivity index (χ0) is 21.8. The molecule has 0 bridgehead atoms. The van der Waals surface area contributed by atoms with Crippen LogP contribution in [0, 0.1) is 11.3 Å². The van der Waals surface area contributed by atoms with Gasteiger partial charge in [-0.15, -0.1) is 0 Å². The van der Waals surface area contributed by atoms with Crippen LogP contribution >= 0.6 is 23.2 Å². The van der Waals surface area contributed by atoms with Crippen LogP contribution in [0.25, 0.3) is 0 Å². The first-order valence-corrected chi connectivity index (χ1v) is 9.56. The van der Waals surface area contributed by atoms with Gasteiger partial charge in [0.1, 0.15) is 23.2 Å². The highest BCUT2D eigenvalue weighted by molar-refractivity contribution is 6.35. The number of hydrogen-bond acceptors (Lipinski definition) is 7. The van der Waals surface area contributed by atoms with E-state index >= 15 is 0 Å². The number of nitriles is 1. The van der Waals surface area contributed by atoms with E-state index in [-0.39, 0.29) is 16.3 Å². The minimum absolute atomic E-state index is 0.106. The van der Waals surface area contributed by atoms with Crippen LogP contribution in [0.5, 0.6) is 5.75 Å². The van der Waals surface area contributed by atoms with Crippen LogP contribution < -0.4 is 14.5 Å². The van der Waals surface area contributed by atoms with E-state index in [1.54, 1.807) is 30.0 Å². The lowest BCUT2D eigenvalue weighted by molar-refractivity contribution is -0.149. The Bertz CT molecular complexity index is 1050. The molecule has 0 amide bonds. The van der Waals surface area contributed by atoms with E-state index in [0.717, 1.165) is 11.4 Å². The van der Waals surface area contributed by atoms with Crippen LogP contribution in [0.1, 0.15) is 0 Å². The van der Waals surface area contributed by atoms with E-state index in [2.05, 4.69) is 0 Å². The predicted octanol–water partition coefficient (Wildman–Crippen LogP) is 3.81. The summed E-state index contributed by atoms with van der Waals surface area (Å²) in [6, 6.07) is 14.0. The van der Waals surface area contributed by atoms with Gasteiger partial charge in [-0.1, -0.05) is 35.3 Å². The SMILES string of the molecule is CN1C(=C(C#N)C(=O)COC(=O)COc2ccc(Cl)cc2Cl)N(C)c2ccccc21. The molecule has 154 valence electrons. The van der Waals surface area contributed by atoms with E-state index in [1.807, 2.05) is 30.3 Å². The summed E-state index contributed by atoms with van der Waals surface area (Å²) in [4.78, 5) is 28.0. The Morgan fingerprint density at radius 2 is 1.67 bits per heavy atom. The average Bonchev–Trinajstić information content (AvgIpc) is 2.98. The molecule has 1 aliphatic heterocycles. The Kier molecular flexibility index (Phi) is 6.50. The van der Waals surface area contributed by atoms with Gasteiger partial charge in [0.2, 0.25) is 5.78 Å². The molecule has 0 radical (unpaired) electrons. The highest BCUT2D eigenvalue weighted by Crippen LogP contribution is 2.40. The first-order chi connectivity index (χ1) is 14.3. The van der Waals surface area contributed by atoms with Gasteiger partial charge >= 0.3 is 5.97 Å². The number of anilines is 2. The molecule has 0 aromatic heterocycles. The largest absolute Gasteiger partial charge is 0.480 e. The molecule has 3 rings (SSSR count). The van der Waals surface area contributed by atoms with Gasteiger partial charge in [0.25, 0.3) is 0 Å². The van der Waals surface area contributed by atoms with Crippen molar-refractivity contribution in [1.82, 2.24) is 0 Å². The van der Waals surface area contributed by atoms with Crippen molar-refractivity contribution in [2.24, 2.45) is 0 Å². The van der Waals surface area contributed by atoms with E-state index < -0.39 is 25.0 Å². The van der Waals surface area contributed by atoms with Crippen LogP contribution in [-0.4, -0.2) is 39.1 Å². The number of Topliss-reactive ketones (excluding diaryl/α,β-unsaturated/α-hetero) is 1. The Morgan fingerprint density at radius 3 is 2.23 bits per heavy atom. The molecule has 2 aromatic rings. The molecule has 0 unspecified atom stereocenters. The Labute approximate surface area is 183 Å². The quantitative estimate of drug-likeness (QED) is 0.379. The number of ether oxygens (including phenoxy) is 2. The minimum Gasteiger partial charge on any atom is -0.480 e. The molecular formula is C21H17Cl2N3O4. The number of ketones is 1. The van der Waals surface area contributed by atoms with Gasteiger partial charge in [0.05, 0.1) is 16.4 Å². The fourth-order valence-corrected chi connectivity index (χ4v) is 3.51. The van der Waals surface area contributed by atoms with E-state index in [9.17, 15) is 14.9 Å². The summed E-state index contributed by atoms with van der Waals surface area (Å²) >= 11 is 11.8. The lowest BCUT2D eigenvalue weighted by Crippen LogP contribution is -2.28. The highest BCUT2D eigenvalue weighted by Gasteiger charge is 2.31. The molecule has 0 N–H and O–H groups in total. The lowest BCUT2D eigenvalue weighted by atomic mass is 10.2. The van der Waals surface area contributed by atoms with Crippen molar-refractivity contribution in [3.05, 3.63) is 63.9 Å². The number of nitrogens with zero attached hydrogens (tertiary/aromatic N) is 3. The first-order valence-electron chi connectivity index (χ1n) is 8.81. The zero-order valence-corrected chi connectivity index (χ0v) is 17.7. The van der Waals surface area contributed by atoms with Gasteiger partial charge in [-0.05, 0) is 30.3 Å². The normalized spacial score (nSPS) is 12.3. The molecule has 0 fully saturated rings. The molecule has 0 aliphatic carbocycles. The maximum Gasteiger partial charge on any atom is 0.344 e. The smallest absolute Gasteiger partial charge is 0.344 e. The van der Waals surface area contributed by atoms with Crippen molar-refractivity contribution in [2.75, 3.05) is 37.1 Å². The second-order valence-corrected chi connectivity index (χ2v) is 7.21. The van der Waals surface area contributed by atoms with Gasteiger partial charge in [-0.25, -0.2) is 4.79 Å². The molecule has 0 spiro atoms. The summed E-state index contributed by atoms with van der Waals surface area (Å²) < 4.78 is 10.3.